The average molecular weight is 224 g/mol. The fourth-order valence-electron chi connectivity index (χ4n) is 1.21. The maximum atomic E-state index is 13.4. The van der Waals surface area contributed by atoms with Crippen molar-refractivity contribution in [3.63, 3.8) is 0 Å². The van der Waals surface area contributed by atoms with Crippen molar-refractivity contribution < 1.29 is 4.39 Å². The van der Waals surface area contributed by atoms with E-state index in [9.17, 15) is 4.39 Å². The molecule has 2 rings (SSSR count). The Morgan fingerprint density at radius 3 is 2.80 bits per heavy atom. The molecule has 1 aromatic carbocycles. The summed E-state index contributed by atoms with van der Waals surface area (Å²) in [6.07, 6.45) is 1.39. The van der Waals surface area contributed by atoms with Crippen LogP contribution in [-0.4, -0.2) is 10.2 Å². The predicted octanol–water partition coefficient (Wildman–Crippen LogP) is 2.52. The van der Waals surface area contributed by atoms with Gasteiger partial charge >= 0.3 is 0 Å². The molecule has 0 radical (unpaired) electrons. The topological polar surface area (TPSA) is 51.8 Å². The van der Waals surface area contributed by atoms with Gasteiger partial charge in [-0.1, -0.05) is 11.6 Å². The summed E-state index contributed by atoms with van der Waals surface area (Å²) in [5, 5.41) is 7.87. The maximum absolute atomic E-state index is 13.4. The summed E-state index contributed by atoms with van der Waals surface area (Å²) in [6, 6.07) is 5.78. The fraction of sp³-hybridized carbons (Fsp3) is 0. The van der Waals surface area contributed by atoms with Gasteiger partial charge in [0.2, 0.25) is 0 Å². The van der Waals surface area contributed by atoms with E-state index in [0.717, 1.165) is 0 Å². The number of hydrogen-bond donors (Lipinski definition) is 1. The zero-order valence-corrected chi connectivity index (χ0v) is 8.37. The van der Waals surface area contributed by atoms with E-state index < -0.39 is 5.82 Å². The SMILES string of the molecule is Nc1cnnc(-c2cc(Cl)ccc2F)c1. The van der Waals surface area contributed by atoms with Crippen LogP contribution in [0, 0.1) is 5.82 Å². The number of benzene rings is 1. The van der Waals surface area contributed by atoms with Gasteiger partial charge in [-0.15, -0.1) is 0 Å². The minimum Gasteiger partial charge on any atom is -0.397 e. The molecule has 2 aromatic rings. The third-order valence-electron chi connectivity index (χ3n) is 1.88. The van der Waals surface area contributed by atoms with Crippen LogP contribution in [0.3, 0.4) is 0 Å². The minimum absolute atomic E-state index is 0.294. The van der Waals surface area contributed by atoms with Crippen LogP contribution >= 0.6 is 11.6 Å². The Labute approximate surface area is 90.7 Å². The first-order valence-electron chi connectivity index (χ1n) is 4.20. The molecule has 0 spiro atoms. The first-order valence-corrected chi connectivity index (χ1v) is 4.58. The summed E-state index contributed by atoms with van der Waals surface area (Å²) in [7, 11) is 0. The molecule has 0 unspecified atom stereocenters. The normalized spacial score (nSPS) is 10.3. The lowest BCUT2D eigenvalue weighted by Gasteiger charge is -2.02. The van der Waals surface area contributed by atoms with Gasteiger partial charge in [0, 0.05) is 10.6 Å². The van der Waals surface area contributed by atoms with E-state index in [0.29, 0.717) is 22.0 Å². The van der Waals surface area contributed by atoms with E-state index in [-0.39, 0.29) is 0 Å². The molecule has 0 aliphatic rings. The molecule has 5 heteroatoms. The van der Waals surface area contributed by atoms with Crippen molar-refractivity contribution in [3.05, 3.63) is 41.3 Å². The molecule has 0 aliphatic heterocycles. The second kappa shape index (κ2) is 3.82. The van der Waals surface area contributed by atoms with Gasteiger partial charge in [-0.25, -0.2) is 4.39 Å². The highest BCUT2D eigenvalue weighted by atomic mass is 35.5. The number of rotatable bonds is 1. The molecule has 0 atom stereocenters. The van der Waals surface area contributed by atoms with Gasteiger partial charge in [-0.3, -0.25) is 0 Å². The molecule has 3 nitrogen and oxygen atoms in total. The Balaban J connectivity index is 2.58. The van der Waals surface area contributed by atoms with E-state index in [1.54, 1.807) is 6.07 Å². The molecule has 1 aromatic heterocycles. The number of nitrogens with zero attached hydrogens (tertiary/aromatic N) is 2. The Hall–Kier alpha value is -1.68. The molecular weight excluding hydrogens is 217 g/mol. The first kappa shape index (κ1) is 9.86. The monoisotopic (exact) mass is 223 g/mol. The van der Waals surface area contributed by atoms with Gasteiger partial charge in [0.05, 0.1) is 17.6 Å². The molecule has 0 fully saturated rings. The Bertz CT molecular complexity index is 502. The van der Waals surface area contributed by atoms with Crippen LogP contribution in [0.2, 0.25) is 5.02 Å². The number of anilines is 1. The van der Waals surface area contributed by atoms with Crippen molar-refractivity contribution in [1.29, 1.82) is 0 Å². The molecule has 76 valence electrons. The fourth-order valence-corrected chi connectivity index (χ4v) is 1.38. The summed E-state index contributed by atoms with van der Waals surface area (Å²) in [4.78, 5) is 0. The summed E-state index contributed by atoms with van der Waals surface area (Å²) >= 11 is 5.76. The summed E-state index contributed by atoms with van der Waals surface area (Å²) in [6.45, 7) is 0. The summed E-state index contributed by atoms with van der Waals surface area (Å²) < 4.78 is 13.4. The zero-order chi connectivity index (χ0) is 10.8. The largest absolute Gasteiger partial charge is 0.397 e. The van der Waals surface area contributed by atoms with E-state index >= 15 is 0 Å². The van der Waals surface area contributed by atoms with Crippen LogP contribution in [0.5, 0.6) is 0 Å². The molecule has 0 saturated heterocycles. The number of halogens is 2. The second-order valence-electron chi connectivity index (χ2n) is 3.00. The number of aromatic nitrogens is 2. The highest BCUT2D eigenvalue weighted by molar-refractivity contribution is 6.30. The van der Waals surface area contributed by atoms with Gasteiger partial charge in [-0.05, 0) is 24.3 Å². The van der Waals surface area contributed by atoms with Gasteiger partial charge in [0.15, 0.2) is 0 Å². The van der Waals surface area contributed by atoms with Crippen molar-refractivity contribution in [1.82, 2.24) is 10.2 Å². The lowest BCUT2D eigenvalue weighted by atomic mass is 10.1. The second-order valence-corrected chi connectivity index (χ2v) is 3.43. The lowest BCUT2D eigenvalue weighted by Crippen LogP contribution is -1.93. The first-order chi connectivity index (χ1) is 7.16. The summed E-state index contributed by atoms with van der Waals surface area (Å²) in [5.41, 5.74) is 6.62. The number of nitrogens with two attached hydrogens (primary N) is 1. The van der Waals surface area contributed by atoms with Crippen molar-refractivity contribution in [3.8, 4) is 11.3 Å². The van der Waals surface area contributed by atoms with Crippen molar-refractivity contribution in [2.75, 3.05) is 5.73 Å². The van der Waals surface area contributed by atoms with Crippen LogP contribution < -0.4 is 5.73 Å². The van der Waals surface area contributed by atoms with Crippen LogP contribution in [0.25, 0.3) is 11.3 Å². The maximum Gasteiger partial charge on any atom is 0.132 e. The predicted molar refractivity (Wildman–Crippen MR) is 56.8 cm³/mol. The van der Waals surface area contributed by atoms with Crippen LogP contribution in [-0.2, 0) is 0 Å². The van der Waals surface area contributed by atoms with Gasteiger partial charge in [-0.2, -0.15) is 10.2 Å². The third-order valence-corrected chi connectivity index (χ3v) is 2.12. The average Bonchev–Trinajstić information content (AvgIpc) is 2.22. The molecule has 0 aliphatic carbocycles. The Morgan fingerprint density at radius 1 is 1.27 bits per heavy atom. The zero-order valence-electron chi connectivity index (χ0n) is 7.61. The van der Waals surface area contributed by atoms with Gasteiger partial charge in [0.25, 0.3) is 0 Å². The standard InChI is InChI=1S/C10H7ClFN3/c11-6-1-2-9(12)8(3-6)10-4-7(13)5-14-15-10/h1-5H,(H2,13,15). The van der Waals surface area contributed by atoms with Crippen LogP contribution in [0.15, 0.2) is 30.5 Å². The van der Waals surface area contributed by atoms with Crippen molar-refractivity contribution >= 4 is 17.3 Å². The van der Waals surface area contributed by atoms with Gasteiger partial charge < -0.3 is 5.73 Å². The summed E-state index contributed by atoms with van der Waals surface area (Å²) in [5.74, 6) is -0.403. The molecule has 0 bridgehead atoms. The number of nitrogen functional groups attached to an aromatic ring is 1. The molecule has 1 heterocycles. The highest BCUT2D eigenvalue weighted by Crippen LogP contribution is 2.24. The smallest absolute Gasteiger partial charge is 0.132 e. The van der Waals surface area contributed by atoms with E-state index in [4.69, 9.17) is 17.3 Å². The van der Waals surface area contributed by atoms with Gasteiger partial charge in [0.1, 0.15) is 5.82 Å². The number of hydrogen-bond acceptors (Lipinski definition) is 3. The lowest BCUT2D eigenvalue weighted by molar-refractivity contribution is 0.630. The quantitative estimate of drug-likeness (QED) is 0.808. The molecule has 2 N–H and O–H groups in total. The van der Waals surface area contributed by atoms with E-state index in [2.05, 4.69) is 10.2 Å². The van der Waals surface area contributed by atoms with Crippen LogP contribution in [0.4, 0.5) is 10.1 Å². The molecule has 0 saturated carbocycles. The molecule has 0 amide bonds. The Morgan fingerprint density at radius 2 is 2.07 bits per heavy atom. The van der Waals surface area contributed by atoms with Crippen LogP contribution in [0.1, 0.15) is 0 Å². The van der Waals surface area contributed by atoms with Crippen molar-refractivity contribution in [2.45, 2.75) is 0 Å². The van der Waals surface area contributed by atoms with E-state index in [1.807, 2.05) is 0 Å². The van der Waals surface area contributed by atoms with E-state index in [1.165, 1.54) is 24.4 Å². The Kier molecular flexibility index (Phi) is 2.51. The molecular formula is C10H7ClFN3. The minimum atomic E-state index is -0.403. The molecule has 15 heavy (non-hydrogen) atoms. The third kappa shape index (κ3) is 2.05. The van der Waals surface area contributed by atoms with Crippen molar-refractivity contribution in [2.24, 2.45) is 0 Å². The highest BCUT2D eigenvalue weighted by Gasteiger charge is 2.07.